The first-order valence-electron chi connectivity index (χ1n) is 6.53. The number of halogens is 1. The van der Waals surface area contributed by atoms with E-state index in [1.807, 2.05) is 0 Å². The SMILES string of the molecule is CCC(CC)(CBr)COc1ccc(OC)c([N+](=O)[O-])c1. The summed E-state index contributed by atoms with van der Waals surface area (Å²) in [6, 6.07) is 4.65. The highest BCUT2D eigenvalue weighted by Crippen LogP contribution is 2.33. The van der Waals surface area contributed by atoms with E-state index in [0.717, 1.165) is 18.2 Å². The number of hydrogen-bond donors (Lipinski definition) is 0. The molecule has 6 heteroatoms. The van der Waals surface area contributed by atoms with Crippen LogP contribution in [-0.2, 0) is 0 Å². The van der Waals surface area contributed by atoms with Gasteiger partial charge in [0, 0.05) is 10.7 Å². The first-order chi connectivity index (χ1) is 9.51. The van der Waals surface area contributed by atoms with Crippen molar-refractivity contribution in [3.05, 3.63) is 28.3 Å². The summed E-state index contributed by atoms with van der Waals surface area (Å²) in [7, 11) is 1.41. The van der Waals surface area contributed by atoms with Crippen LogP contribution < -0.4 is 9.47 Å². The Hall–Kier alpha value is -1.30. The van der Waals surface area contributed by atoms with Crippen LogP contribution >= 0.6 is 15.9 Å². The highest BCUT2D eigenvalue weighted by Gasteiger charge is 2.26. The molecule has 0 amide bonds. The first kappa shape index (κ1) is 16.8. The van der Waals surface area contributed by atoms with Crippen molar-refractivity contribution in [2.24, 2.45) is 5.41 Å². The van der Waals surface area contributed by atoms with E-state index < -0.39 is 4.92 Å². The van der Waals surface area contributed by atoms with Crippen LogP contribution in [0.3, 0.4) is 0 Å². The Bertz CT molecular complexity index is 452. The van der Waals surface area contributed by atoms with Crippen molar-refractivity contribution in [2.45, 2.75) is 26.7 Å². The predicted octanol–water partition coefficient (Wildman–Crippen LogP) is 4.18. The Labute approximate surface area is 127 Å². The van der Waals surface area contributed by atoms with Gasteiger partial charge in [-0.2, -0.15) is 0 Å². The van der Waals surface area contributed by atoms with Gasteiger partial charge in [-0.1, -0.05) is 29.8 Å². The lowest BCUT2D eigenvalue weighted by Crippen LogP contribution is -2.29. The molecule has 0 bridgehead atoms. The van der Waals surface area contributed by atoms with Crippen molar-refractivity contribution in [2.75, 3.05) is 19.0 Å². The smallest absolute Gasteiger partial charge is 0.314 e. The van der Waals surface area contributed by atoms with Gasteiger partial charge in [-0.05, 0) is 25.0 Å². The zero-order valence-corrected chi connectivity index (χ0v) is 13.6. The zero-order valence-electron chi connectivity index (χ0n) is 12.0. The van der Waals surface area contributed by atoms with Crippen LogP contribution in [0.15, 0.2) is 18.2 Å². The van der Waals surface area contributed by atoms with Gasteiger partial charge in [-0.3, -0.25) is 10.1 Å². The number of benzene rings is 1. The molecule has 0 saturated heterocycles. The van der Waals surface area contributed by atoms with Gasteiger partial charge in [-0.15, -0.1) is 0 Å². The molecular formula is C14H20BrNO4. The van der Waals surface area contributed by atoms with Crippen molar-refractivity contribution in [3.8, 4) is 11.5 Å². The van der Waals surface area contributed by atoms with Gasteiger partial charge in [-0.25, -0.2) is 0 Å². The average Bonchev–Trinajstić information content (AvgIpc) is 2.49. The van der Waals surface area contributed by atoms with E-state index in [-0.39, 0.29) is 16.9 Å². The van der Waals surface area contributed by atoms with Gasteiger partial charge in [0.05, 0.1) is 24.7 Å². The second-order valence-electron chi connectivity index (χ2n) is 4.72. The molecular weight excluding hydrogens is 326 g/mol. The number of alkyl halides is 1. The van der Waals surface area contributed by atoms with E-state index in [1.165, 1.54) is 13.2 Å². The number of nitro benzene ring substituents is 1. The molecule has 0 saturated carbocycles. The van der Waals surface area contributed by atoms with Crippen LogP contribution in [0.4, 0.5) is 5.69 Å². The fourth-order valence-corrected chi connectivity index (χ4v) is 2.78. The van der Waals surface area contributed by atoms with Gasteiger partial charge < -0.3 is 9.47 Å². The topological polar surface area (TPSA) is 61.6 Å². The van der Waals surface area contributed by atoms with Crippen LogP contribution in [0.1, 0.15) is 26.7 Å². The lowest BCUT2D eigenvalue weighted by atomic mass is 9.86. The maximum atomic E-state index is 11.0. The Balaban J connectivity index is 2.88. The highest BCUT2D eigenvalue weighted by molar-refractivity contribution is 9.09. The minimum atomic E-state index is -0.469. The molecule has 1 aromatic rings. The second kappa shape index (κ2) is 7.47. The monoisotopic (exact) mass is 345 g/mol. The van der Waals surface area contributed by atoms with E-state index >= 15 is 0 Å². The molecule has 0 N–H and O–H groups in total. The summed E-state index contributed by atoms with van der Waals surface area (Å²) in [4.78, 5) is 10.5. The average molecular weight is 346 g/mol. The normalized spacial score (nSPS) is 11.2. The van der Waals surface area contributed by atoms with E-state index in [2.05, 4.69) is 29.8 Å². The Kier molecular flexibility index (Phi) is 6.26. The molecule has 0 radical (unpaired) electrons. The van der Waals surface area contributed by atoms with Crippen molar-refractivity contribution in [3.63, 3.8) is 0 Å². The number of rotatable bonds is 8. The number of ether oxygens (including phenoxy) is 2. The lowest BCUT2D eigenvalue weighted by Gasteiger charge is -2.29. The van der Waals surface area contributed by atoms with Crippen LogP contribution in [0, 0.1) is 15.5 Å². The van der Waals surface area contributed by atoms with Crippen molar-refractivity contribution in [1.82, 2.24) is 0 Å². The number of nitro groups is 1. The minimum Gasteiger partial charge on any atom is -0.493 e. The molecule has 1 aromatic carbocycles. The molecule has 0 unspecified atom stereocenters. The molecule has 0 atom stereocenters. The van der Waals surface area contributed by atoms with Gasteiger partial charge in [0.25, 0.3) is 0 Å². The van der Waals surface area contributed by atoms with Gasteiger partial charge in [0.1, 0.15) is 5.75 Å². The number of methoxy groups -OCH3 is 1. The molecule has 0 fully saturated rings. The summed E-state index contributed by atoms with van der Waals surface area (Å²) < 4.78 is 10.7. The maximum absolute atomic E-state index is 11.0. The van der Waals surface area contributed by atoms with Crippen LogP contribution in [0.5, 0.6) is 11.5 Å². The third-order valence-electron chi connectivity index (χ3n) is 3.68. The molecule has 0 aromatic heterocycles. The minimum absolute atomic E-state index is 0.0503. The lowest BCUT2D eigenvalue weighted by molar-refractivity contribution is -0.385. The third-order valence-corrected chi connectivity index (χ3v) is 4.87. The molecule has 5 nitrogen and oxygen atoms in total. The second-order valence-corrected chi connectivity index (χ2v) is 5.28. The quantitative estimate of drug-likeness (QED) is 0.402. The molecule has 1 rings (SSSR count). The first-order valence-corrected chi connectivity index (χ1v) is 7.65. The molecule has 0 aliphatic carbocycles. The number of nitrogens with zero attached hydrogens (tertiary/aromatic N) is 1. The van der Waals surface area contributed by atoms with Gasteiger partial charge >= 0.3 is 5.69 Å². The molecule has 0 aliphatic rings. The summed E-state index contributed by atoms with van der Waals surface area (Å²) in [5.74, 6) is 0.727. The zero-order chi connectivity index (χ0) is 15.2. The van der Waals surface area contributed by atoms with Crippen molar-refractivity contribution >= 4 is 21.6 Å². The maximum Gasteiger partial charge on any atom is 0.314 e. The summed E-state index contributed by atoms with van der Waals surface area (Å²) in [5.41, 5.74) is -0.0308. The Morgan fingerprint density at radius 3 is 2.45 bits per heavy atom. The fraction of sp³-hybridized carbons (Fsp3) is 0.571. The van der Waals surface area contributed by atoms with E-state index in [4.69, 9.17) is 9.47 Å². The van der Waals surface area contributed by atoms with Crippen LogP contribution in [-0.4, -0.2) is 24.0 Å². The summed E-state index contributed by atoms with van der Waals surface area (Å²) in [5, 5.41) is 11.8. The van der Waals surface area contributed by atoms with Crippen LogP contribution in [0.25, 0.3) is 0 Å². The molecule has 0 heterocycles. The van der Waals surface area contributed by atoms with E-state index in [0.29, 0.717) is 12.4 Å². The summed E-state index contributed by atoms with van der Waals surface area (Å²) in [6.45, 7) is 4.75. The van der Waals surface area contributed by atoms with Crippen molar-refractivity contribution in [1.29, 1.82) is 0 Å². The standard InChI is InChI=1S/C14H20BrNO4/c1-4-14(5-2,9-15)10-20-11-6-7-13(19-3)12(8-11)16(17)18/h6-8H,4-5,9-10H2,1-3H3. The molecule has 0 aliphatic heterocycles. The van der Waals surface area contributed by atoms with Gasteiger partial charge in [0.15, 0.2) is 5.75 Å². The van der Waals surface area contributed by atoms with E-state index in [1.54, 1.807) is 12.1 Å². The highest BCUT2D eigenvalue weighted by atomic mass is 79.9. The summed E-state index contributed by atoms with van der Waals surface area (Å²) in [6.07, 6.45) is 1.96. The Morgan fingerprint density at radius 2 is 2.00 bits per heavy atom. The fourth-order valence-electron chi connectivity index (χ4n) is 1.82. The predicted molar refractivity (Wildman–Crippen MR) is 82.0 cm³/mol. The van der Waals surface area contributed by atoms with Gasteiger partial charge in [0.2, 0.25) is 0 Å². The Morgan fingerprint density at radius 1 is 1.35 bits per heavy atom. The molecule has 20 heavy (non-hydrogen) atoms. The largest absolute Gasteiger partial charge is 0.493 e. The van der Waals surface area contributed by atoms with E-state index in [9.17, 15) is 10.1 Å². The molecule has 0 spiro atoms. The summed E-state index contributed by atoms with van der Waals surface area (Å²) >= 11 is 3.52. The molecule has 112 valence electrons. The number of hydrogen-bond acceptors (Lipinski definition) is 4. The van der Waals surface area contributed by atoms with Crippen molar-refractivity contribution < 1.29 is 14.4 Å². The van der Waals surface area contributed by atoms with Crippen LogP contribution in [0.2, 0.25) is 0 Å². The third kappa shape index (κ3) is 3.85.